The second-order valence-electron chi connectivity index (χ2n) is 1.36. The first-order valence-corrected chi connectivity index (χ1v) is 4.68. The van der Waals surface area contributed by atoms with Gasteiger partial charge in [0, 0.05) is 0 Å². The largest absolute Gasteiger partial charge is 0.399 e. The van der Waals surface area contributed by atoms with E-state index in [9.17, 15) is 8.42 Å². The molecular formula is C5H15NO5S. The van der Waals surface area contributed by atoms with Crippen molar-refractivity contribution >= 4 is 10.4 Å². The molecule has 0 aliphatic carbocycles. The summed E-state index contributed by atoms with van der Waals surface area (Å²) in [7, 11) is -2.35. The van der Waals surface area contributed by atoms with Crippen molar-refractivity contribution < 1.29 is 21.9 Å². The third-order valence-corrected chi connectivity index (χ3v) is 1.56. The van der Waals surface area contributed by atoms with Gasteiger partial charge in [-0.2, -0.15) is 8.42 Å². The molecule has 12 heavy (non-hydrogen) atoms. The first-order chi connectivity index (χ1) is 5.62. The maximum absolute atomic E-state index is 10.4. The summed E-state index contributed by atoms with van der Waals surface area (Å²) in [5.74, 6) is 0. The molecule has 0 fully saturated rings. The molecule has 0 unspecified atom stereocenters. The molecule has 0 bridgehead atoms. The van der Waals surface area contributed by atoms with Crippen LogP contribution in [0.2, 0.25) is 0 Å². The van der Waals surface area contributed by atoms with Gasteiger partial charge < -0.3 is 10.8 Å². The summed E-state index contributed by atoms with van der Waals surface area (Å²) in [6, 6.07) is 0. The van der Waals surface area contributed by atoms with Gasteiger partial charge in [0.05, 0.1) is 19.8 Å². The van der Waals surface area contributed by atoms with E-state index in [-0.39, 0.29) is 19.8 Å². The van der Waals surface area contributed by atoms with Crippen LogP contribution in [0, 0.1) is 0 Å². The van der Waals surface area contributed by atoms with E-state index in [0.29, 0.717) is 0 Å². The lowest BCUT2D eigenvalue weighted by Gasteiger charge is -2.00. The standard InChI is InChI=1S/C4H10O5S.CH5N/c1-2-8-10(6,7)9-4-3-5;1-2/h5H,2-4H2,1H3;2H2,1H3. The van der Waals surface area contributed by atoms with Crippen LogP contribution in [0.15, 0.2) is 0 Å². The molecule has 0 aromatic heterocycles. The van der Waals surface area contributed by atoms with Crippen LogP contribution in [0.3, 0.4) is 0 Å². The van der Waals surface area contributed by atoms with Gasteiger partial charge >= 0.3 is 10.4 Å². The second kappa shape index (κ2) is 8.88. The quantitative estimate of drug-likeness (QED) is 0.583. The van der Waals surface area contributed by atoms with Crippen molar-refractivity contribution in [2.24, 2.45) is 5.73 Å². The van der Waals surface area contributed by atoms with E-state index < -0.39 is 10.4 Å². The van der Waals surface area contributed by atoms with Gasteiger partial charge in [-0.05, 0) is 14.0 Å². The summed E-state index contributed by atoms with van der Waals surface area (Å²) in [6.45, 7) is 0.961. The van der Waals surface area contributed by atoms with Gasteiger partial charge in [-0.1, -0.05) is 0 Å². The highest BCUT2D eigenvalue weighted by Gasteiger charge is 2.08. The van der Waals surface area contributed by atoms with Gasteiger partial charge in [0.2, 0.25) is 0 Å². The molecule has 0 aromatic rings. The van der Waals surface area contributed by atoms with Crippen LogP contribution < -0.4 is 5.73 Å². The zero-order valence-corrected chi connectivity index (χ0v) is 8.00. The lowest BCUT2D eigenvalue weighted by molar-refractivity contribution is 0.171. The first-order valence-electron chi connectivity index (χ1n) is 3.34. The highest BCUT2D eigenvalue weighted by Crippen LogP contribution is 1.93. The van der Waals surface area contributed by atoms with Crippen molar-refractivity contribution in [3.05, 3.63) is 0 Å². The van der Waals surface area contributed by atoms with Gasteiger partial charge in [0.1, 0.15) is 0 Å². The van der Waals surface area contributed by atoms with Gasteiger partial charge in [-0.15, -0.1) is 0 Å². The predicted octanol–water partition coefficient (Wildman–Crippen LogP) is -1.15. The lowest BCUT2D eigenvalue weighted by atomic mass is 10.8. The van der Waals surface area contributed by atoms with E-state index in [1.54, 1.807) is 0 Å². The average molecular weight is 201 g/mol. The van der Waals surface area contributed by atoms with E-state index >= 15 is 0 Å². The molecule has 0 spiro atoms. The molecular weight excluding hydrogens is 186 g/mol. The molecule has 0 aromatic carbocycles. The molecule has 6 nitrogen and oxygen atoms in total. The van der Waals surface area contributed by atoms with Crippen LogP contribution in [-0.4, -0.2) is 40.4 Å². The van der Waals surface area contributed by atoms with Crippen molar-refractivity contribution in [1.82, 2.24) is 0 Å². The Kier molecular flexibility index (Phi) is 10.6. The summed E-state index contributed by atoms with van der Waals surface area (Å²) in [4.78, 5) is 0. The van der Waals surface area contributed by atoms with E-state index in [1.807, 2.05) is 0 Å². The van der Waals surface area contributed by atoms with Crippen LogP contribution in [0.1, 0.15) is 6.92 Å². The highest BCUT2D eigenvalue weighted by atomic mass is 32.3. The Labute approximate surface area is 72.6 Å². The molecule has 0 aliphatic heterocycles. The van der Waals surface area contributed by atoms with E-state index in [2.05, 4.69) is 14.1 Å². The van der Waals surface area contributed by atoms with Crippen LogP contribution in [0.25, 0.3) is 0 Å². The Bertz CT molecular complexity index is 167. The fourth-order valence-corrected chi connectivity index (χ4v) is 0.953. The Morgan fingerprint density at radius 1 is 1.33 bits per heavy atom. The molecule has 0 aliphatic rings. The van der Waals surface area contributed by atoms with Crippen molar-refractivity contribution in [3.8, 4) is 0 Å². The number of aliphatic hydroxyl groups is 1. The molecule has 0 heterocycles. The summed E-state index contributed by atoms with van der Waals surface area (Å²) in [5.41, 5.74) is 4.50. The van der Waals surface area contributed by atoms with Crippen LogP contribution in [0.5, 0.6) is 0 Å². The van der Waals surface area contributed by atoms with Crippen molar-refractivity contribution in [2.45, 2.75) is 6.92 Å². The number of aliphatic hydroxyl groups excluding tert-OH is 1. The fraction of sp³-hybridized carbons (Fsp3) is 1.00. The normalized spacial score (nSPS) is 10.3. The monoisotopic (exact) mass is 201 g/mol. The van der Waals surface area contributed by atoms with Crippen molar-refractivity contribution in [1.29, 1.82) is 0 Å². The Balaban J connectivity index is 0. The van der Waals surface area contributed by atoms with Gasteiger partial charge in [-0.3, -0.25) is 0 Å². The minimum atomic E-state index is -3.85. The maximum atomic E-state index is 10.4. The summed E-state index contributed by atoms with van der Waals surface area (Å²) in [5, 5.41) is 8.15. The molecule has 0 atom stereocenters. The lowest BCUT2D eigenvalue weighted by Crippen LogP contribution is -2.12. The molecule has 3 N–H and O–H groups in total. The van der Waals surface area contributed by atoms with E-state index in [4.69, 9.17) is 5.11 Å². The molecule has 76 valence electrons. The van der Waals surface area contributed by atoms with Crippen LogP contribution in [-0.2, 0) is 18.8 Å². The second-order valence-corrected chi connectivity index (χ2v) is 2.65. The Hall–Kier alpha value is -0.210. The summed E-state index contributed by atoms with van der Waals surface area (Å²) < 4.78 is 29.2. The van der Waals surface area contributed by atoms with Gasteiger partial charge in [-0.25, -0.2) is 8.37 Å². The molecule has 7 heteroatoms. The highest BCUT2D eigenvalue weighted by molar-refractivity contribution is 7.81. The van der Waals surface area contributed by atoms with E-state index in [1.165, 1.54) is 14.0 Å². The van der Waals surface area contributed by atoms with Gasteiger partial charge in [0.15, 0.2) is 0 Å². The van der Waals surface area contributed by atoms with E-state index in [0.717, 1.165) is 0 Å². The third-order valence-electron chi connectivity index (χ3n) is 0.581. The summed E-state index contributed by atoms with van der Waals surface area (Å²) >= 11 is 0. The minimum Gasteiger partial charge on any atom is -0.394 e. The predicted molar refractivity (Wildman–Crippen MR) is 43.7 cm³/mol. The smallest absolute Gasteiger partial charge is 0.394 e. The average Bonchev–Trinajstić information content (AvgIpc) is 2.05. The van der Waals surface area contributed by atoms with Crippen molar-refractivity contribution in [2.75, 3.05) is 26.9 Å². The molecule has 0 rings (SSSR count). The van der Waals surface area contributed by atoms with Crippen LogP contribution >= 0.6 is 0 Å². The SMILES string of the molecule is CCOS(=O)(=O)OCCO.CN. The Morgan fingerprint density at radius 3 is 2.17 bits per heavy atom. The number of nitrogens with two attached hydrogens (primary N) is 1. The fourth-order valence-electron chi connectivity index (χ4n) is 0.318. The van der Waals surface area contributed by atoms with Crippen molar-refractivity contribution in [3.63, 3.8) is 0 Å². The maximum Gasteiger partial charge on any atom is 0.399 e. The third kappa shape index (κ3) is 9.79. The minimum absolute atomic E-state index is 0.0355. The zero-order valence-electron chi connectivity index (χ0n) is 7.19. The molecule has 0 radical (unpaired) electrons. The molecule has 0 saturated carbocycles. The molecule has 0 saturated heterocycles. The van der Waals surface area contributed by atoms with Gasteiger partial charge in [0.25, 0.3) is 0 Å². The number of hydrogen-bond acceptors (Lipinski definition) is 6. The van der Waals surface area contributed by atoms with Crippen LogP contribution in [0.4, 0.5) is 0 Å². The molecule has 0 amide bonds. The summed E-state index contributed by atoms with van der Waals surface area (Å²) in [6.07, 6.45) is 0. The zero-order chi connectivity index (χ0) is 10.0. The topological polar surface area (TPSA) is 98.9 Å². The first kappa shape index (κ1) is 14.3. The number of rotatable bonds is 5. The number of hydrogen-bond donors (Lipinski definition) is 2. The Morgan fingerprint density at radius 2 is 1.83 bits per heavy atom.